The summed E-state index contributed by atoms with van der Waals surface area (Å²) in [6.45, 7) is 0.395. The quantitative estimate of drug-likeness (QED) is 0.625. The number of hydrogen-bond acceptors (Lipinski definition) is 4. The summed E-state index contributed by atoms with van der Waals surface area (Å²) in [7, 11) is 0. The van der Waals surface area contributed by atoms with Gasteiger partial charge in [0, 0.05) is 16.1 Å². The number of benzene rings is 2. The maximum atomic E-state index is 6.29. The van der Waals surface area contributed by atoms with Crippen LogP contribution in [-0.4, -0.2) is 18.1 Å². The van der Waals surface area contributed by atoms with E-state index in [0.717, 1.165) is 22.5 Å². The highest BCUT2D eigenvalue weighted by Crippen LogP contribution is 2.27. The summed E-state index contributed by atoms with van der Waals surface area (Å²) in [5, 5.41) is 0.671. The Hall–Kier alpha value is -2.17. The third-order valence-electron chi connectivity index (χ3n) is 3.10. The lowest BCUT2D eigenvalue weighted by atomic mass is 10.0. The zero-order valence-electron chi connectivity index (χ0n) is 10.7. The molecule has 20 heavy (non-hydrogen) atoms. The highest BCUT2D eigenvalue weighted by Gasteiger charge is 2.17. The summed E-state index contributed by atoms with van der Waals surface area (Å²) in [4.78, 5) is 9.09. The number of para-hydroxylation sites is 1. The van der Waals surface area contributed by atoms with E-state index in [0.29, 0.717) is 17.4 Å². The highest BCUT2D eigenvalue weighted by atomic mass is 35.5. The predicted octanol–water partition coefficient (Wildman–Crippen LogP) is 2.68. The molecule has 0 aromatic heterocycles. The van der Waals surface area contributed by atoms with Gasteiger partial charge in [-0.15, -0.1) is 0 Å². The lowest BCUT2D eigenvalue weighted by molar-refractivity contribution is 0.992. The number of hydrazine groups is 1. The second-order valence-corrected chi connectivity index (χ2v) is 4.77. The van der Waals surface area contributed by atoms with Crippen molar-refractivity contribution in [1.29, 1.82) is 0 Å². The Morgan fingerprint density at radius 3 is 2.45 bits per heavy atom. The van der Waals surface area contributed by atoms with Crippen LogP contribution in [0.15, 0.2) is 58.5 Å². The van der Waals surface area contributed by atoms with Gasteiger partial charge in [-0.1, -0.05) is 48.0 Å². The standard InChI is InChI=1S/C15H13ClN4/c16-12-7-3-1-5-10(12)15-11-6-2-4-8-13(11)19-14(20-17)9-18-15/h1-8H,9,17H2,(H,19,20). The van der Waals surface area contributed by atoms with Crippen molar-refractivity contribution in [2.75, 3.05) is 6.54 Å². The van der Waals surface area contributed by atoms with Gasteiger partial charge in [-0.3, -0.25) is 4.99 Å². The van der Waals surface area contributed by atoms with Gasteiger partial charge in [-0.2, -0.15) is 0 Å². The number of nitrogens with two attached hydrogens (primary N) is 1. The molecule has 0 spiro atoms. The number of fused-ring (bicyclic) bond motifs is 1. The largest absolute Gasteiger partial charge is 0.310 e. The van der Waals surface area contributed by atoms with Gasteiger partial charge in [0.1, 0.15) is 5.84 Å². The Morgan fingerprint density at radius 1 is 1.00 bits per heavy atom. The van der Waals surface area contributed by atoms with E-state index < -0.39 is 0 Å². The van der Waals surface area contributed by atoms with Gasteiger partial charge in [-0.05, 0) is 12.1 Å². The maximum absolute atomic E-state index is 6.29. The molecule has 0 saturated carbocycles. The van der Waals surface area contributed by atoms with E-state index in [2.05, 4.69) is 15.4 Å². The van der Waals surface area contributed by atoms with E-state index >= 15 is 0 Å². The SMILES string of the molecule is NNC1=Nc2ccccc2C(c2ccccc2Cl)=NC1. The smallest absolute Gasteiger partial charge is 0.138 e. The molecule has 5 heteroatoms. The van der Waals surface area contributed by atoms with Crippen molar-refractivity contribution < 1.29 is 0 Å². The van der Waals surface area contributed by atoms with Crippen molar-refractivity contribution in [2.24, 2.45) is 15.8 Å². The van der Waals surface area contributed by atoms with Crippen LogP contribution >= 0.6 is 11.6 Å². The van der Waals surface area contributed by atoms with Crippen LogP contribution in [0, 0.1) is 0 Å². The van der Waals surface area contributed by atoms with Gasteiger partial charge >= 0.3 is 0 Å². The molecule has 0 atom stereocenters. The van der Waals surface area contributed by atoms with Gasteiger partial charge in [0.2, 0.25) is 0 Å². The zero-order valence-corrected chi connectivity index (χ0v) is 11.4. The van der Waals surface area contributed by atoms with Gasteiger partial charge in [0.25, 0.3) is 0 Å². The fourth-order valence-electron chi connectivity index (χ4n) is 2.15. The van der Waals surface area contributed by atoms with Crippen LogP contribution < -0.4 is 11.3 Å². The number of nitrogens with one attached hydrogen (secondary N) is 1. The molecule has 0 saturated heterocycles. The molecule has 0 aliphatic carbocycles. The van der Waals surface area contributed by atoms with E-state index in [1.54, 1.807) is 0 Å². The van der Waals surface area contributed by atoms with E-state index in [1.165, 1.54) is 0 Å². The van der Waals surface area contributed by atoms with Crippen LogP contribution in [0.1, 0.15) is 11.1 Å². The molecule has 3 rings (SSSR count). The van der Waals surface area contributed by atoms with E-state index in [1.807, 2.05) is 48.5 Å². The molecule has 100 valence electrons. The first kappa shape index (κ1) is 12.8. The molecule has 2 aromatic rings. The Balaban J connectivity index is 2.19. The molecule has 3 N–H and O–H groups in total. The Kier molecular flexibility index (Phi) is 3.50. The molecule has 0 radical (unpaired) electrons. The maximum Gasteiger partial charge on any atom is 0.138 e. The molecule has 0 unspecified atom stereocenters. The summed E-state index contributed by atoms with van der Waals surface area (Å²) in [5.74, 6) is 6.09. The second kappa shape index (κ2) is 5.45. The third kappa shape index (κ3) is 2.31. The molecular formula is C15H13ClN4. The second-order valence-electron chi connectivity index (χ2n) is 4.36. The average Bonchev–Trinajstić information content (AvgIpc) is 2.67. The van der Waals surface area contributed by atoms with Crippen LogP contribution in [0.3, 0.4) is 0 Å². The lowest BCUT2D eigenvalue weighted by Crippen LogP contribution is -2.32. The Morgan fingerprint density at radius 2 is 1.70 bits per heavy atom. The van der Waals surface area contributed by atoms with Crippen molar-refractivity contribution in [2.45, 2.75) is 0 Å². The van der Waals surface area contributed by atoms with Gasteiger partial charge in [0.15, 0.2) is 0 Å². The molecule has 1 aliphatic rings. The molecule has 2 aromatic carbocycles. The monoisotopic (exact) mass is 284 g/mol. The summed E-state index contributed by atoms with van der Waals surface area (Å²) in [6.07, 6.45) is 0. The third-order valence-corrected chi connectivity index (χ3v) is 3.43. The summed E-state index contributed by atoms with van der Waals surface area (Å²) in [6, 6.07) is 15.5. The molecule has 1 aliphatic heterocycles. The van der Waals surface area contributed by atoms with Crippen LogP contribution in [0.2, 0.25) is 5.02 Å². The first-order valence-electron chi connectivity index (χ1n) is 6.22. The number of aliphatic imine (C=N–C) groups is 2. The molecule has 0 bridgehead atoms. The molecule has 4 nitrogen and oxygen atoms in total. The van der Waals surface area contributed by atoms with Crippen LogP contribution in [-0.2, 0) is 0 Å². The topological polar surface area (TPSA) is 62.8 Å². The number of rotatable bonds is 1. The minimum absolute atomic E-state index is 0.395. The van der Waals surface area contributed by atoms with E-state index in [-0.39, 0.29) is 0 Å². The first-order chi connectivity index (χ1) is 9.79. The van der Waals surface area contributed by atoms with Crippen molar-refractivity contribution in [3.8, 4) is 0 Å². The normalized spacial score (nSPS) is 13.9. The van der Waals surface area contributed by atoms with Crippen LogP contribution in [0.5, 0.6) is 0 Å². The summed E-state index contributed by atoms with van der Waals surface area (Å²) < 4.78 is 0. The Bertz CT molecular complexity index is 707. The summed E-state index contributed by atoms with van der Waals surface area (Å²) >= 11 is 6.29. The molecule has 0 amide bonds. The van der Waals surface area contributed by atoms with Crippen molar-refractivity contribution >= 4 is 28.8 Å². The fraction of sp³-hybridized carbons (Fsp3) is 0.0667. The molecule has 0 fully saturated rings. The number of hydrogen-bond donors (Lipinski definition) is 2. The number of halogens is 1. The summed E-state index contributed by atoms with van der Waals surface area (Å²) in [5.41, 5.74) is 6.09. The number of nitrogens with zero attached hydrogens (tertiary/aromatic N) is 2. The number of amidine groups is 1. The first-order valence-corrected chi connectivity index (χ1v) is 6.60. The molecule has 1 heterocycles. The van der Waals surface area contributed by atoms with Gasteiger partial charge < -0.3 is 5.43 Å². The van der Waals surface area contributed by atoms with E-state index in [9.17, 15) is 0 Å². The van der Waals surface area contributed by atoms with Gasteiger partial charge in [-0.25, -0.2) is 10.8 Å². The van der Waals surface area contributed by atoms with Crippen molar-refractivity contribution in [1.82, 2.24) is 5.43 Å². The Labute approximate surface area is 122 Å². The van der Waals surface area contributed by atoms with Crippen molar-refractivity contribution in [3.63, 3.8) is 0 Å². The van der Waals surface area contributed by atoms with Crippen LogP contribution in [0.4, 0.5) is 5.69 Å². The zero-order chi connectivity index (χ0) is 13.9. The molecular weight excluding hydrogens is 272 g/mol. The average molecular weight is 285 g/mol. The van der Waals surface area contributed by atoms with Gasteiger partial charge in [0.05, 0.1) is 17.9 Å². The minimum atomic E-state index is 0.395. The highest BCUT2D eigenvalue weighted by molar-refractivity contribution is 6.36. The lowest BCUT2D eigenvalue weighted by Gasteiger charge is -2.09. The van der Waals surface area contributed by atoms with Crippen molar-refractivity contribution in [3.05, 3.63) is 64.7 Å². The fourth-order valence-corrected chi connectivity index (χ4v) is 2.38. The van der Waals surface area contributed by atoms with E-state index in [4.69, 9.17) is 17.4 Å². The minimum Gasteiger partial charge on any atom is -0.310 e. The van der Waals surface area contributed by atoms with Crippen LogP contribution in [0.25, 0.3) is 0 Å². The predicted molar refractivity (Wildman–Crippen MR) is 82.8 cm³/mol.